The van der Waals surface area contributed by atoms with Gasteiger partial charge in [0.2, 0.25) is 6.08 Å². The minimum Gasteiger partial charge on any atom is -0.211 e. The molecule has 0 unspecified atom stereocenters. The van der Waals surface area contributed by atoms with Gasteiger partial charge in [0, 0.05) is 5.56 Å². The van der Waals surface area contributed by atoms with E-state index in [-0.39, 0.29) is 0 Å². The van der Waals surface area contributed by atoms with Crippen molar-refractivity contribution in [2.45, 2.75) is 31.2 Å². The van der Waals surface area contributed by atoms with Crippen LogP contribution in [0.3, 0.4) is 0 Å². The van der Waals surface area contributed by atoms with E-state index in [4.69, 9.17) is 0 Å². The van der Waals surface area contributed by atoms with Gasteiger partial charge in [-0.1, -0.05) is 31.0 Å². The smallest absolute Gasteiger partial charge is 0.211 e. The summed E-state index contributed by atoms with van der Waals surface area (Å²) in [4.78, 5) is 16.5. The fourth-order valence-electron chi connectivity index (χ4n) is 2.87. The molecule has 5 heteroatoms. The molecule has 1 aliphatic carbocycles. The van der Waals surface area contributed by atoms with E-state index in [0.717, 1.165) is 36.9 Å². The van der Waals surface area contributed by atoms with Crippen molar-refractivity contribution in [2.24, 2.45) is 4.99 Å². The number of aromatic nitrogens is 3. The van der Waals surface area contributed by atoms with Gasteiger partial charge in [0.25, 0.3) is 0 Å². The zero-order chi connectivity index (χ0) is 13.1. The minimum absolute atomic E-state index is 0.452. The molecule has 96 valence electrons. The van der Waals surface area contributed by atoms with Crippen LogP contribution in [0.15, 0.2) is 41.7 Å². The molecule has 1 heterocycles. The zero-order valence-corrected chi connectivity index (χ0v) is 10.5. The lowest BCUT2D eigenvalue weighted by Gasteiger charge is -2.25. The molecular weight excluding hydrogens is 240 g/mol. The van der Waals surface area contributed by atoms with Crippen molar-refractivity contribution in [3.63, 3.8) is 0 Å². The number of isocyanates is 1. The fourth-order valence-corrected chi connectivity index (χ4v) is 2.87. The van der Waals surface area contributed by atoms with Gasteiger partial charge in [-0.2, -0.15) is 20.0 Å². The largest absolute Gasteiger partial charge is 0.235 e. The van der Waals surface area contributed by atoms with Gasteiger partial charge < -0.3 is 0 Å². The Kier molecular flexibility index (Phi) is 2.97. The Morgan fingerprint density at radius 2 is 1.84 bits per heavy atom. The van der Waals surface area contributed by atoms with Crippen LogP contribution in [-0.2, 0) is 10.3 Å². The molecule has 0 bridgehead atoms. The lowest BCUT2D eigenvalue weighted by molar-refractivity contribution is 0.452. The predicted octanol–water partition coefficient (Wildman–Crippen LogP) is 2.37. The van der Waals surface area contributed by atoms with Crippen LogP contribution in [0.4, 0.5) is 0 Å². The summed E-state index contributed by atoms with van der Waals surface area (Å²) < 4.78 is 0. The van der Waals surface area contributed by atoms with Crippen molar-refractivity contribution in [2.75, 3.05) is 0 Å². The highest BCUT2D eigenvalue weighted by atomic mass is 16.1. The summed E-state index contributed by atoms with van der Waals surface area (Å²) in [6, 6.07) is 7.86. The molecule has 0 N–H and O–H groups in total. The number of carbonyl (C=O) groups excluding carboxylic acids is 1. The van der Waals surface area contributed by atoms with E-state index < -0.39 is 5.54 Å². The molecule has 0 amide bonds. The number of rotatable bonds is 3. The Bertz CT molecular complexity index is 608. The molecule has 0 atom stereocenters. The summed E-state index contributed by atoms with van der Waals surface area (Å²) in [7, 11) is 0. The van der Waals surface area contributed by atoms with Crippen LogP contribution in [0, 0.1) is 0 Å². The van der Waals surface area contributed by atoms with Gasteiger partial charge in [-0.3, -0.25) is 0 Å². The van der Waals surface area contributed by atoms with Gasteiger partial charge in [0.05, 0.1) is 18.1 Å². The number of benzene rings is 1. The van der Waals surface area contributed by atoms with Crippen LogP contribution in [0.1, 0.15) is 31.2 Å². The lowest BCUT2D eigenvalue weighted by Crippen LogP contribution is -2.22. The van der Waals surface area contributed by atoms with Gasteiger partial charge in [0.1, 0.15) is 5.54 Å². The molecule has 1 aromatic carbocycles. The van der Waals surface area contributed by atoms with E-state index in [2.05, 4.69) is 15.2 Å². The second kappa shape index (κ2) is 4.78. The Labute approximate surface area is 111 Å². The minimum atomic E-state index is -0.452. The maximum atomic E-state index is 10.8. The molecule has 5 nitrogen and oxygen atoms in total. The average molecular weight is 254 g/mol. The van der Waals surface area contributed by atoms with Crippen LogP contribution in [0.2, 0.25) is 0 Å². The first-order valence-corrected chi connectivity index (χ1v) is 6.41. The summed E-state index contributed by atoms with van der Waals surface area (Å²) in [6.07, 6.45) is 8.93. The molecule has 0 radical (unpaired) electrons. The van der Waals surface area contributed by atoms with Gasteiger partial charge in [-0.15, -0.1) is 0 Å². The van der Waals surface area contributed by atoms with E-state index in [1.807, 2.05) is 24.3 Å². The Balaban J connectivity index is 2.17. The molecule has 1 fully saturated rings. The molecular formula is C14H14N4O. The molecule has 0 aliphatic heterocycles. The first kappa shape index (κ1) is 11.8. The third-order valence-corrected chi connectivity index (χ3v) is 3.73. The van der Waals surface area contributed by atoms with Gasteiger partial charge >= 0.3 is 0 Å². The summed E-state index contributed by atoms with van der Waals surface area (Å²) >= 11 is 0. The van der Waals surface area contributed by atoms with Crippen molar-refractivity contribution in [3.8, 4) is 5.69 Å². The Morgan fingerprint density at radius 1 is 1.16 bits per heavy atom. The SMILES string of the molecule is O=C=NC1(c2ccccc2-n2nccn2)CCCC1. The Morgan fingerprint density at radius 3 is 2.53 bits per heavy atom. The molecule has 0 saturated heterocycles. The van der Waals surface area contributed by atoms with E-state index in [0.29, 0.717) is 0 Å². The first-order valence-electron chi connectivity index (χ1n) is 6.41. The van der Waals surface area contributed by atoms with E-state index in [1.165, 1.54) is 0 Å². The first-order chi connectivity index (χ1) is 9.36. The fraction of sp³-hybridized carbons (Fsp3) is 0.357. The van der Waals surface area contributed by atoms with Crippen molar-refractivity contribution in [1.82, 2.24) is 15.0 Å². The highest BCUT2D eigenvalue weighted by molar-refractivity contribution is 5.47. The van der Waals surface area contributed by atoms with E-state index >= 15 is 0 Å². The van der Waals surface area contributed by atoms with Crippen LogP contribution in [0.5, 0.6) is 0 Å². The molecule has 19 heavy (non-hydrogen) atoms. The number of hydrogen-bond donors (Lipinski definition) is 0. The van der Waals surface area contributed by atoms with Crippen molar-refractivity contribution in [3.05, 3.63) is 42.2 Å². The number of hydrogen-bond acceptors (Lipinski definition) is 4. The van der Waals surface area contributed by atoms with Crippen LogP contribution >= 0.6 is 0 Å². The van der Waals surface area contributed by atoms with Crippen molar-refractivity contribution < 1.29 is 4.79 Å². The molecule has 0 spiro atoms. The van der Waals surface area contributed by atoms with Gasteiger partial charge in [-0.25, -0.2) is 4.79 Å². The van der Waals surface area contributed by atoms with Gasteiger partial charge in [0.15, 0.2) is 0 Å². The van der Waals surface area contributed by atoms with Crippen LogP contribution < -0.4 is 0 Å². The van der Waals surface area contributed by atoms with E-state index in [1.54, 1.807) is 23.3 Å². The van der Waals surface area contributed by atoms with Crippen molar-refractivity contribution >= 4 is 6.08 Å². The quantitative estimate of drug-likeness (QED) is 0.624. The normalized spacial score (nSPS) is 17.1. The maximum Gasteiger partial charge on any atom is 0.235 e. The molecule has 2 aromatic rings. The topological polar surface area (TPSA) is 60.1 Å². The number of nitrogens with zero attached hydrogens (tertiary/aromatic N) is 4. The van der Waals surface area contributed by atoms with Gasteiger partial charge in [-0.05, 0) is 18.9 Å². The molecule has 1 saturated carbocycles. The summed E-state index contributed by atoms with van der Waals surface area (Å²) in [6.45, 7) is 0. The molecule has 1 aromatic heterocycles. The molecule has 1 aliphatic rings. The second-order valence-electron chi connectivity index (χ2n) is 4.78. The second-order valence-corrected chi connectivity index (χ2v) is 4.78. The Hall–Kier alpha value is -2.26. The summed E-state index contributed by atoms with van der Waals surface area (Å²) in [5.41, 5.74) is 1.44. The summed E-state index contributed by atoms with van der Waals surface area (Å²) in [5, 5.41) is 8.35. The number of aliphatic imine (C=N–C) groups is 1. The predicted molar refractivity (Wildman–Crippen MR) is 69.6 cm³/mol. The number of para-hydroxylation sites is 1. The van der Waals surface area contributed by atoms with E-state index in [9.17, 15) is 4.79 Å². The summed E-state index contributed by atoms with van der Waals surface area (Å²) in [5.74, 6) is 0. The van der Waals surface area contributed by atoms with Crippen LogP contribution in [0.25, 0.3) is 5.69 Å². The third kappa shape index (κ3) is 1.98. The highest BCUT2D eigenvalue weighted by Gasteiger charge is 2.37. The zero-order valence-electron chi connectivity index (χ0n) is 10.5. The lowest BCUT2D eigenvalue weighted by atomic mass is 9.87. The highest BCUT2D eigenvalue weighted by Crippen LogP contribution is 2.43. The van der Waals surface area contributed by atoms with Crippen molar-refractivity contribution in [1.29, 1.82) is 0 Å². The van der Waals surface area contributed by atoms with Crippen LogP contribution in [-0.4, -0.2) is 21.1 Å². The standard InChI is InChI=1S/C14H14N4O/c19-11-15-14(7-3-4-8-14)12-5-1-2-6-13(12)18-16-9-10-17-18/h1-2,5-6,9-10H,3-4,7-8H2. The monoisotopic (exact) mass is 254 g/mol. The average Bonchev–Trinajstić information content (AvgIpc) is 3.11. The maximum absolute atomic E-state index is 10.8. The molecule has 3 rings (SSSR count). The third-order valence-electron chi connectivity index (χ3n) is 3.73.